The Kier molecular flexibility index (Phi) is 47.3. The molecule has 0 radical (unpaired) electrons. The van der Waals surface area contributed by atoms with Crippen LogP contribution >= 0.6 is 7.82 Å². The summed E-state index contributed by atoms with van der Waals surface area (Å²) in [6, 6.07) is -0.860. The molecule has 1 amide bonds. The second kappa shape index (κ2) is 48.0. The topological polar surface area (TPSA) is 105 Å². The normalized spacial score (nSPS) is 14.1. The van der Waals surface area contributed by atoms with Crippen molar-refractivity contribution in [3.63, 3.8) is 0 Å². The molecule has 3 atom stereocenters. The molecule has 0 saturated heterocycles. The first-order valence-electron chi connectivity index (χ1n) is 28.2. The smallest absolute Gasteiger partial charge is 0.387 e. The highest BCUT2D eigenvalue weighted by Gasteiger charge is 2.27. The maximum absolute atomic E-state index is 13.0. The molecule has 0 aliphatic carbocycles. The van der Waals surface area contributed by atoms with Crippen molar-refractivity contribution < 1.29 is 32.9 Å². The third-order valence-electron chi connectivity index (χ3n) is 12.9. The summed E-state index contributed by atoms with van der Waals surface area (Å²) in [7, 11) is 1.57. The number of carbonyl (C=O) groups excluding carboxylic acids is 1. The van der Waals surface area contributed by atoms with Gasteiger partial charge in [0.2, 0.25) is 5.91 Å². The summed E-state index contributed by atoms with van der Waals surface area (Å²) >= 11 is 0. The van der Waals surface area contributed by atoms with E-state index in [1.54, 1.807) is 6.08 Å². The van der Waals surface area contributed by atoms with Crippen LogP contribution in [0.15, 0.2) is 24.3 Å². The van der Waals surface area contributed by atoms with Crippen molar-refractivity contribution >= 4 is 13.7 Å². The molecule has 65 heavy (non-hydrogen) atoms. The number of amides is 1. The predicted molar refractivity (Wildman–Crippen MR) is 281 cm³/mol. The summed E-state index contributed by atoms with van der Waals surface area (Å²) in [6.07, 6.45) is 59.9. The standard InChI is InChI=1S/C56H111N2O6P/c1-6-8-10-12-14-16-18-20-22-24-26-27-28-29-30-32-34-36-38-40-42-44-46-48-50-56(60)57-54(53-64-65(61,62)63-52-51-58(3,4)5)55(59)49-47-45-43-41-39-37-35-33-31-25-23-21-19-17-15-13-11-9-7-2/h39,41,47,49,54-55,59H,6-38,40,42-46,48,50-53H2,1-5H3,(H-,57,60,61,62)/p+1/b41-39+,49-47+. The number of hydrogen-bond donors (Lipinski definition) is 3. The molecule has 0 aromatic rings. The van der Waals surface area contributed by atoms with Gasteiger partial charge in [-0.25, -0.2) is 4.57 Å². The highest BCUT2D eigenvalue weighted by molar-refractivity contribution is 7.47. The number of rotatable bonds is 52. The highest BCUT2D eigenvalue weighted by atomic mass is 31.2. The van der Waals surface area contributed by atoms with E-state index in [1.165, 1.54) is 218 Å². The lowest BCUT2D eigenvalue weighted by molar-refractivity contribution is -0.870. The fourth-order valence-corrected chi connectivity index (χ4v) is 9.21. The van der Waals surface area contributed by atoms with Gasteiger partial charge in [-0.2, -0.15) is 0 Å². The summed E-state index contributed by atoms with van der Waals surface area (Å²) in [5.41, 5.74) is 0. The molecule has 0 aliphatic rings. The summed E-state index contributed by atoms with van der Waals surface area (Å²) in [5, 5.41) is 13.9. The van der Waals surface area contributed by atoms with Gasteiger partial charge in [0, 0.05) is 6.42 Å². The van der Waals surface area contributed by atoms with Crippen LogP contribution in [0.2, 0.25) is 0 Å². The number of phosphoric ester groups is 1. The second-order valence-electron chi connectivity index (χ2n) is 20.7. The molecule has 0 heterocycles. The van der Waals surface area contributed by atoms with Crippen LogP contribution < -0.4 is 5.32 Å². The Labute approximate surface area is 404 Å². The Bertz CT molecular complexity index is 1110. The Morgan fingerprint density at radius 2 is 0.846 bits per heavy atom. The van der Waals surface area contributed by atoms with E-state index in [4.69, 9.17) is 9.05 Å². The minimum atomic E-state index is -4.35. The summed E-state index contributed by atoms with van der Waals surface area (Å²) < 4.78 is 23.7. The Balaban J connectivity index is 4.22. The molecule has 0 fully saturated rings. The second-order valence-corrected chi connectivity index (χ2v) is 22.1. The van der Waals surface area contributed by atoms with E-state index >= 15 is 0 Å². The summed E-state index contributed by atoms with van der Waals surface area (Å²) in [5.74, 6) is -0.181. The maximum Gasteiger partial charge on any atom is 0.472 e. The number of aliphatic hydroxyl groups excluding tert-OH is 1. The van der Waals surface area contributed by atoms with Crippen LogP contribution in [0.5, 0.6) is 0 Å². The van der Waals surface area contributed by atoms with E-state index in [1.807, 2.05) is 27.2 Å². The lowest BCUT2D eigenvalue weighted by atomic mass is 10.0. The molecule has 0 aliphatic heterocycles. The Hall–Kier alpha value is -1.02. The van der Waals surface area contributed by atoms with Crippen molar-refractivity contribution in [2.45, 2.75) is 289 Å². The molecular weight excluding hydrogens is 828 g/mol. The maximum atomic E-state index is 13.0. The van der Waals surface area contributed by atoms with Gasteiger partial charge in [-0.1, -0.05) is 263 Å². The molecule has 386 valence electrons. The van der Waals surface area contributed by atoms with E-state index in [0.717, 1.165) is 38.5 Å². The molecule has 0 saturated carbocycles. The van der Waals surface area contributed by atoms with Crippen molar-refractivity contribution in [3.8, 4) is 0 Å². The van der Waals surface area contributed by atoms with Crippen LogP contribution in [0.3, 0.4) is 0 Å². The first-order chi connectivity index (χ1) is 31.5. The van der Waals surface area contributed by atoms with E-state index in [0.29, 0.717) is 17.4 Å². The quantitative estimate of drug-likeness (QED) is 0.0243. The SMILES string of the molecule is CCCCCCCCCCCCCCC/C=C/CC/C=C/C(O)C(COP(=O)(O)OCC[N+](C)(C)C)NC(=O)CCCCCCCCCCCCCCCCCCCCCCCCCC. The first kappa shape index (κ1) is 64.0. The number of phosphoric acid groups is 1. The number of unbranched alkanes of at least 4 members (excludes halogenated alkanes) is 37. The molecule has 8 nitrogen and oxygen atoms in total. The number of allylic oxidation sites excluding steroid dienone is 3. The van der Waals surface area contributed by atoms with Crippen molar-refractivity contribution in [2.75, 3.05) is 40.9 Å². The molecule has 0 bridgehead atoms. The minimum absolute atomic E-state index is 0.0587. The molecule has 9 heteroatoms. The van der Waals surface area contributed by atoms with E-state index < -0.39 is 20.0 Å². The van der Waals surface area contributed by atoms with Gasteiger partial charge in [0.25, 0.3) is 0 Å². The molecule has 0 aromatic carbocycles. The van der Waals surface area contributed by atoms with Crippen molar-refractivity contribution in [1.29, 1.82) is 0 Å². The lowest BCUT2D eigenvalue weighted by Gasteiger charge is -2.25. The third-order valence-corrected chi connectivity index (χ3v) is 13.9. The van der Waals surface area contributed by atoms with Gasteiger partial charge in [-0.05, 0) is 32.1 Å². The van der Waals surface area contributed by atoms with Crippen molar-refractivity contribution in [3.05, 3.63) is 24.3 Å². The van der Waals surface area contributed by atoms with Crippen molar-refractivity contribution in [1.82, 2.24) is 5.32 Å². The summed E-state index contributed by atoms with van der Waals surface area (Å²) in [4.78, 5) is 23.3. The van der Waals surface area contributed by atoms with Gasteiger partial charge in [-0.3, -0.25) is 13.8 Å². The zero-order chi connectivity index (χ0) is 47.8. The number of nitrogens with one attached hydrogen (secondary N) is 1. The van der Waals surface area contributed by atoms with Crippen LogP contribution in [0.25, 0.3) is 0 Å². The Morgan fingerprint density at radius 1 is 0.508 bits per heavy atom. The van der Waals surface area contributed by atoms with Gasteiger partial charge in [0.1, 0.15) is 13.2 Å². The van der Waals surface area contributed by atoms with Gasteiger partial charge in [0.15, 0.2) is 0 Å². The number of nitrogens with zero attached hydrogens (tertiary/aromatic N) is 1. The average molecular weight is 940 g/mol. The van der Waals surface area contributed by atoms with Crippen molar-refractivity contribution in [2.24, 2.45) is 0 Å². The number of carbonyl (C=O) groups is 1. The predicted octanol–water partition coefficient (Wildman–Crippen LogP) is 16.8. The number of likely N-dealkylation sites (N-methyl/N-ethyl adjacent to an activating group) is 1. The van der Waals surface area contributed by atoms with Crippen LogP contribution in [0.4, 0.5) is 0 Å². The van der Waals surface area contributed by atoms with E-state index in [9.17, 15) is 19.4 Å². The monoisotopic (exact) mass is 940 g/mol. The number of hydrogen-bond acceptors (Lipinski definition) is 5. The highest BCUT2D eigenvalue weighted by Crippen LogP contribution is 2.43. The number of quaternary nitrogens is 1. The zero-order valence-electron chi connectivity index (χ0n) is 44.0. The Morgan fingerprint density at radius 3 is 1.23 bits per heavy atom. The molecule has 3 N–H and O–H groups in total. The minimum Gasteiger partial charge on any atom is -0.387 e. The van der Waals surface area contributed by atoms with Gasteiger partial charge < -0.3 is 19.8 Å². The van der Waals surface area contributed by atoms with Gasteiger partial charge in [0.05, 0.1) is 39.9 Å². The molecule has 3 unspecified atom stereocenters. The number of aliphatic hydroxyl groups is 1. The average Bonchev–Trinajstić information content (AvgIpc) is 3.26. The fourth-order valence-electron chi connectivity index (χ4n) is 8.47. The lowest BCUT2D eigenvalue weighted by Crippen LogP contribution is -2.45. The van der Waals surface area contributed by atoms with Gasteiger partial charge >= 0.3 is 7.82 Å². The largest absolute Gasteiger partial charge is 0.472 e. The van der Waals surface area contributed by atoms with Crippen LogP contribution in [0.1, 0.15) is 277 Å². The summed E-state index contributed by atoms with van der Waals surface area (Å²) in [6.45, 7) is 4.84. The molecule has 0 rings (SSSR count). The van der Waals surface area contributed by atoms with E-state index in [2.05, 4.69) is 31.3 Å². The third kappa shape index (κ3) is 50.7. The van der Waals surface area contributed by atoms with Crippen LogP contribution in [0, 0.1) is 0 Å². The molecule has 0 spiro atoms. The first-order valence-corrected chi connectivity index (χ1v) is 29.7. The zero-order valence-corrected chi connectivity index (χ0v) is 44.9. The van der Waals surface area contributed by atoms with Crippen LogP contribution in [-0.2, 0) is 18.4 Å². The van der Waals surface area contributed by atoms with Crippen LogP contribution in [-0.4, -0.2) is 73.4 Å². The fraction of sp³-hybridized carbons (Fsp3) is 0.911. The molecular formula is C56H112N2O6P+. The van der Waals surface area contributed by atoms with E-state index in [-0.39, 0.29) is 19.1 Å². The molecule has 0 aromatic heterocycles. The van der Waals surface area contributed by atoms with Gasteiger partial charge in [-0.15, -0.1) is 0 Å².